The van der Waals surface area contributed by atoms with E-state index in [1.54, 1.807) is 25.3 Å². The molecule has 26 heavy (non-hydrogen) atoms. The van der Waals surface area contributed by atoms with Crippen molar-refractivity contribution in [1.82, 2.24) is 9.97 Å². The number of aromatic nitrogens is 2. The summed E-state index contributed by atoms with van der Waals surface area (Å²) in [6, 6.07) is 14.0. The van der Waals surface area contributed by atoms with Gasteiger partial charge in [-0.2, -0.15) is 0 Å². The first kappa shape index (κ1) is 17.2. The van der Waals surface area contributed by atoms with Crippen LogP contribution in [0.15, 0.2) is 54.9 Å². The number of benzene rings is 2. The highest BCUT2D eigenvalue weighted by atomic mass is 16.5. The number of carboxylic acids is 1. The summed E-state index contributed by atoms with van der Waals surface area (Å²) >= 11 is 0. The van der Waals surface area contributed by atoms with E-state index in [0.717, 1.165) is 16.9 Å². The number of ether oxygens (including phenoxy) is 1. The second-order valence-corrected chi connectivity index (χ2v) is 5.62. The number of carbonyl (C=O) groups is 1. The molecular formula is C19H18N4O3. The molecule has 7 heteroatoms. The molecule has 0 spiro atoms. The minimum absolute atomic E-state index is 0.229. The fourth-order valence-electron chi connectivity index (χ4n) is 2.40. The first-order valence-electron chi connectivity index (χ1n) is 7.89. The third-order valence-corrected chi connectivity index (χ3v) is 3.69. The van der Waals surface area contributed by atoms with Gasteiger partial charge in [-0.3, -0.25) is 0 Å². The normalized spacial score (nSPS) is 10.2. The average molecular weight is 350 g/mol. The molecular weight excluding hydrogens is 332 g/mol. The highest BCUT2D eigenvalue weighted by Crippen LogP contribution is 2.28. The Hall–Kier alpha value is -3.61. The van der Waals surface area contributed by atoms with E-state index >= 15 is 0 Å². The maximum absolute atomic E-state index is 10.9. The molecule has 7 nitrogen and oxygen atoms in total. The zero-order valence-electron chi connectivity index (χ0n) is 14.4. The van der Waals surface area contributed by atoms with Gasteiger partial charge in [0.25, 0.3) is 0 Å². The maximum Gasteiger partial charge on any atom is 0.335 e. The van der Waals surface area contributed by atoms with Gasteiger partial charge in [0.05, 0.1) is 18.4 Å². The monoisotopic (exact) mass is 350 g/mol. The molecule has 2 aromatic carbocycles. The minimum atomic E-state index is -0.961. The number of carboxylic acid groups (broad SMARTS) is 1. The summed E-state index contributed by atoms with van der Waals surface area (Å²) in [6.07, 6.45) is 1.44. The van der Waals surface area contributed by atoms with Gasteiger partial charge in [0.15, 0.2) is 0 Å². The molecule has 0 unspecified atom stereocenters. The van der Waals surface area contributed by atoms with Gasteiger partial charge in [-0.05, 0) is 48.9 Å². The predicted octanol–water partition coefficient (Wildman–Crippen LogP) is 3.98. The SMILES string of the molecule is COc1ccc(C)cc1Nc1cc(Nc2ccc(C(=O)O)cc2)ncn1. The first-order chi connectivity index (χ1) is 12.5. The Morgan fingerprint density at radius 2 is 1.69 bits per heavy atom. The summed E-state index contributed by atoms with van der Waals surface area (Å²) in [5, 5.41) is 15.3. The van der Waals surface area contributed by atoms with Crippen LogP contribution < -0.4 is 15.4 Å². The fourth-order valence-corrected chi connectivity index (χ4v) is 2.40. The molecule has 0 saturated carbocycles. The molecule has 3 aromatic rings. The first-order valence-corrected chi connectivity index (χ1v) is 7.89. The van der Waals surface area contributed by atoms with Crippen LogP contribution in [-0.4, -0.2) is 28.2 Å². The fraction of sp³-hybridized carbons (Fsp3) is 0.105. The molecule has 0 aliphatic rings. The molecule has 0 aliphatic carbocycles. The number of aryl methyl sites for hydroxylation is 1. The van der Waals surface area contributed by atoms with Crippen molar-refractivity contribution >= 4 is 29.0 Å². The predicted molar refractivity (Wildman–Crippen MR) is 99.7 cm³/mol. The van der Waals surface area contributed by atoms with Gasteiger partial charge < -0.3 is 20.5 Å². The number of nitrogens with one attached hydrogen (secondary N) is 2. The third kappa shape index (κ3) is 4.07. The van der Waals surface area contributed by atoms with Crippen LogP contribution in [0.3, 0.4) is 0 Å². The molecule has 0 bridgehead atoms. The quantitative estimate of drug-likeness (QED) is 0.619. The lowest BCUT2D eigenvalue weighted by Gasteiger charge is -2.12. The smallest absolute Gasteiger partial charge is 0.335 e. The summed E-state index contributed by atoms with van der Waals surface area (Å²) in [7, 11) is 1.61. The molecule has 0 aliphatic heterocycles. The maximum atomic E-state index is 10.9. The number of anilines is 4. The number of hydrogen-bond acceptors (Lipinski definition) is 6. The molecule has 3 rings (SSSR count). The molecule has 0 amide bonds. The van der Waals surface area contributed by atoms with Gasteiger partial charge in [0, 0.05) is 11.8 Å². The molecule has 0 radical (unpaired) electrons. The molecule has 1 aromatic heterocycles. The van der Waals surface area contributed by atoms with E-state index < -0.39 is 5.97 Å². The largest absolute Gasteiger partial charge is 0.495 e. The Morgan fingerprint density at radius 3 is 2.35 bits per heavy atom. The molecule has 0 fully saturated rings. The van der Waals surface area contributed by atoms with Crippen molar-refractivity contribution in [2.75, 3.05) is 17.7 Å². The van der Waals surface area contributed by atoms with Crippen molar-refractivity contribution in [3.05, 3.63) is 66.0 Å². The van der Waals surface area contributed by atoms with E-state index in [0.29, 0.717) is 17.4 Å². The van der Waals surface area contributed by atoms with Crippen molar-refractivity contribution < 1.29 is 14.6 Å². The van der Waals surface area contributed by atoms with Crippen LogP contribution in [0, 0.1) is 6.92 Å². The number of nitrogens with zero attached hydrogens (tertiary/aromatic N) is 2. The number of hydrogen-bond donors (Lipinski definition) is 3. The van der Waals surface area contributed by atoms with E-state index in [4.69, 9.17) is 9.84 Å². The highest BCUT2D eigenvalue weighted by Gasteiger charge is 2.06. The van der Waals surface area contributed by atoms with Crippen LogP contribution in [0.2, 0.25) is 0 Å². The summed E-state index contributed by atoms with van der Waals surface area (Å²) in [5.41, 5.74) is 2.86. The van der Waals surface area contributed by atoms with Gasteiger partial charge in [-0.15, -0.1) is 0 Å². The number of aromatic carboxylic acids is 1. The zero-order valence-corrected chi connectivity index (χ0v) is 14.4. The van der Waals surface area contributed by atoms with Crippen molar-refractivity contribution in [2.24, 2.45) is 0 Å². The summed E-state index contributed by atoms with van der Waals surface area (Å²) in [6.45, 7) is 2.00. The van der Waals surface area contributed by atoms with Gasteiger partial charge in [-0.1, -0.05) is 6.07 Å². The van der Waals surface area contributed by atoms with E-state index in [1.165, 1.54) is 18.5 Å². The third-order valence-electron chi connectivity index (χ3n) is 3.69. The standard InChI is InChI=1S/C19H18N4O3/c1-12-3-8-16(26-2)15(9-12)23-18-10-17(20-11-21-18)22-14-6-4-13(5-7-14)19(24)25/h3-11H,1-2H3,(H,24,25)(H2,20,21,22,23). The molecule has 0 saturated heterocycles. The van der Waals surface area contributed by atoms with Gasteiger partial charge in [0.2, 0.25) is 0 Å². The summed E-state index contributed by atoms with van der Waals surface area (Å²) < 4.78 is 5.36. The lowest BCUT2D eigenvalue weighted by atomic mass is 10.2. The van der Waals surface area contributed by atoms with E-state index in [-0.39, 0.29) is 5.56 Å². The Bertz CT molecular complexity index is 926. The van der Waals surface area contributed by atoms with Crippen LogP contribution in [0.1, 0.15) is 15.9 Å². The second-order valence-electron chi connectivity index (χ2n) is 5.62. The Kier molecular flexibility index (Phi) is 4.98. The lowest BCUT2D eigenvalue weighted by Crippen LogP contribution is -2.00. The average Bonchev–Trinajstić information content (AvgIpc) is 2.63. The number of rotatable bonds is 6. The summed E-state index contributed by atoms with van der Waals surface area (Å²) in [4.78, 5) is 19.3. The van der Waals surface area contributed by atoms with Crippen LogP contribution in [0.5, 0.6) is 5.75 Å². The minimum Gasteiger partial charge on any atom is -0.495 e. The molecule has 3 N–H and O–H groups in total. The second kappa shape index (κ2) is 7.52. The van der Waals surface area contributed by atoms with Gasteiger partial charge >= 0.3 is 5.97 Å². The Morgan fingerprint density at radius 1 is 1.00 bits per heavy atom. The Balaban J connectivity index is 1.78. The topological polar surface area (TPSA) is 96.4 Å². The highest BCUT2D eigenvalue weighted by molar-refractivity contribution is 5.88. The van der Waals surface area contributed by atoms with E-state index in [9.17, 15) is 4.79 Å². The molecule has 132 valence electrons. The van der Waals surface area contributed by atoms with E-state index in [1.807, 2.05) is 25.1 Å². The van der Waals surface area contributed by atoms with Crippen molar-refractivity contribution in [3.8, 4) is 5.75 Å². The van der Waals surface area contributed by atoms with Crippen LogP contribution in [0.4, 0.5) is 23.0 Å². The van der Waals surface area contributed by atoms with E-state index in [2.05, 4.69) is 20.6 Å². The van der Waals surface area contributed by atoms with Crippen molar-refractivity contribution in [3.63, 3.8) is 0 Å². The van der Waals surface area contributed by atoms with Crippen molar-refractivity contribution in [1.29, 1.82) is 0 Å². The Labute approximate surface area is 150 Å². The van der Waals surface area contributed by atoms with Gasteiger partial charge in [0.1, 0.15) is 23.7 Å². The van der Waals surface area contributed by atoms with Gasteiger partial charge in [-0.25, -0.2) is 14.8 Å². The van der Waals surface area contributed by atoms with Crippen molar-refractivity contribution in [2.45, 2.75) is 6.92 Å². The van der Waals surface area contributed by atoms with Crippen LogP contribution in [0.25, 0.3) is 0 Å². The molecule has 1 heterocycles. The molecule has 0 atom stereocenters. The lowest BCUT2D eigenvalue weighted by molar-refractivity contribution is 0.0697. The van der Waals surface area contributed by atoms with Crippen LogP contribution in [-0.2, 0) is 0 Å². The van der Waals surface area contributed by atoms with Crippen LogP contribution >= 0.6 is 0 Å². The summed E-state index contributed by atoms with van der Waals surface area (Å²) in [5.74, 6) is 0.941. The zero-order chi connectivity index (χ0) is 18.5. The number of methoxy groups -OCH3 is 1.